The molecule has 1 aliphatic heterocycles. The number of aliphatic hydroxyl groups excluding tert-OH is 1. The highest BCUT2D eigenvalue weighted by molar-refractivity contribution is 5.70. The van der Waals surface area contributed by atoms with Gasteiger partial charge in [-0.2, -0.15) is 0 Å². The first-order valence-corrected chi connectivity index (χ1v) is 15.8. The van der Waals surface area contributed by atoms with Crippen LogP contribution in [0.25, 0.3) is 11.1 Å². The van der Waals surface area contributed by atoms with E-state index in [1.165, 1.54) is 11.6 Å². The van der Waals surface area contributed by atoms with Crippen molar-refractivity contribution in [2.45, 2.75) is 51.5 Å². The van der Waals surface area contributed by atoms with Crippen molar-refractivity contribution in [2.24, 2.45) is 5.92 Å². The lowest BCUT2D eigenvalue weighted by molar-refractivity contribution is -0.276. The van der Waals surface area contributed by atoms with Gasteiger partial charge < -0.3 is 24.6 Å². The molecule has 7 nitrogen and oxygen atoms in total. The van der Waals surface area contributed by atoms with E-state index >= 15 is 0 Å². The average Bonchev–Trinajstić information content (AvgIpc) is 3.11. The second kappa shape index (κ2) is 15.8. The molecule has 1 aliphatic rings. The van der Waals surface area contributed by atoms with Crippen molar-refractivity contribution in [2.75, 3.05) is 20.2 Å². The van der Waals surface area contributed by atoms with Gasteiger partial charge in [-0.15, -0.1) is 0 Å². The Labute approximate surface area is 272 Å². The van der Waals surface area contributed by atoms with Gasteiger partial charge in [0.05, 0.1) is 18.8 Å². The Morgan fingerprint density at radius 3 is 2.33 bits per heavy atom. The standard InChI is InChI=1S/C39H44N2O5/c1-5-23-44-39(43)40-24-34-13-9-10-14-35(34)31-19-21-33(22-20-31)38-45-36(25-41(4)28(3)30-11-7-6-8-12-30)27(2)37(46-38)32-17-15-29(26-42)16-18-32/h5-22,27-28,36-38,42H,1,23-26H2,2-4H3,(H,40,43)/t27-,28+,36+,37+,38+/m1/s1. The predicted molar refractivity (Wildman–Crippen MR) is 181 cm³/mol. The molecule has 0 radical (unpaired) electrons. The number of hydrogen-bond donors (Lipinski definition) is 2. The smallest absolute Gasteiger partial charge is 0.407 e. The number of benzene rings is 4. The molecule has 240 valence electrons. The zero-order valence-electron chi connectivity index (χ0n) is 26.8. The molecular formula is C39H44N2O5. The van der Waals surface area contributed by atoms with Gasteiger partial charge in [0.25, 0.3) is 0 Å². The minimum Gasteiger partial charge on any atom is -0.445 e. The predicted octanol–water partition coefficient (Wildman–Crippen LogP) is 7.74. The lowest BCUT2D eigenvalue weighted by atomic mass is 9.89. The minimum atomic E-state index is -0.560. The normalized spacial score (nSPS) is 20.2. The molecule has 1 saturated heterocycles. The van der Waals surface area contributed by atoms with Crippen molar-refractivity contribution in [3.8, 4) is 11.1 Å². The van der Waals surface area contributed by atoms with Crippen molar-refractivity contribution in [1.29, 1.82) is 0 Å². The van der Waals surface area contributed by atoms with Crippen LogP contribution >= 0.6 is 0 Å². The summed E-state index contributed by atoms with van der Waals surface area (Å²) in [7, 11) is 2.14. The first kappa shape index (κ1) is 33.1. The van der Waals surface area contributed by atoms with Crippen molar-refractivity contribution >= 4 is 6.09 Å². The fourth-order valence-electron chi connectivity index (χ4n) is 5.89. The van der Waals surface area contributed by atoms with Crippen LogP contribution in [-0.4, -0.2) is 42.4 Å². The molecule has 0 aliphatic carbocycles. The number of carbonyl (C=O) groups excluding carboxylic acids is 1. The summed E-state index contributed by atoms with van der Waals surface area (Å²) in [5.41, 5.74) is 7.14. The summed E-state index contributed by atoms with van der Waals surface area (Å²) < 4.78 is 18.5. The summed E-state index contributed by atoms with van der Waals surface area (Å²) in [5.74, 6) is 0.0819. The third-order valence-corrected chi connectivity index (χ3v) is 8.80. The number of alkyl carbamates (subject to hydrolysis) is 1. The molecule has 1 heterocycles. The third kappa shape index (κ3) is 8.11. The number of amides is 1. The Bertz CT molecular complexity index is 1560. The third-order valence-electron chi connectivity index (χ3n) is 8.80. The molecule has 5 rings (SSSR count). The van der Waals surface area contributed by atoms with E-state index in [0.29, 0.717) is 6.54 Å². The second-order valence-corrected chi connectivity index (χ2v) is 11.9. The lowest BCUT2D eigenvalue weighted by Crippen LogP contribution is -2.44. The fourth-order valence-corrected chi connectivity index (χ4v) is 5.89. The van der Waals surface area contributed by atoms with Crippen LogP contribution in [0.15, 0.2) is 116 Å². The molecule has 1 fully saturated rings. The van der Waals surface area contributed by atoms with E-state index in [2.05, 4.69) is 86.2 Å². The molecule has 2 N–H and O–H groups in total. The highest BCUT2D eigenvalue weighted by Gasteiger charge is 2.39. The molecule has 7 heteroatoms. The summed E-state index contributed by atoms with van der Waals surface area (Å²) in [5, 5.41) is 12.4. The molecule has 5 atom stereocenters. The maximum absolute atomic E-state index is 12.0. The Morgan fingerprint density at radius 2 is 1.63 bits per heavy atom. The van der Waals surface area contributed by atoms with Gasteiger partial charge in [-0.1, -0.05) is 123 Å². The van der Waals surface area contributed by atoms with Crippen LogP contribution < -0.4 is 5.32 Å². The first-order chi connectivity index (χ1) is 22.4. The van der Waals surface area contributed by atoms with E-state index in [1.54, 1.807) is 0 Å². The lowest BCUT2D eigenvalue weighted by Gasteiger charge is -2.43. The maximum atomic E-state index is 12.0. The SMILES string of the molecule is C=CCOC(=O)NCc1ccccc1-c1ccc([C@H]2O[C@@H](CN(C)[C@@H](C)c3ccccc3)[C@@H](C)[C@@H](c3ccc(CO)cc3)O2)cc1. The zero-order chi connectivity index (χ0) is 32.5. The highest BCUT2D eigenvalue weighted by Crippen LogP contribution is 2.42. The summed E-state index contributed by atoms with van der Waals surface area (Å²) in [6.07, 6.45) is 0.213. The zero-order valence-corrected chi connectivity index (χ0v) is 26.8. The van der Waals surface area contributed by atoms with E-state index in [0.717, 1.165) is 39.9 Å². The summed E-state index contributed by atoms with van der Waals surface area (Å²) >= 11 is 0. The van der Waals surface area contributed by atoms with Crippen molar-refractivity contribution in [3.63, 3.8) is 0 Å². The van der Waals surface area contributed by atoms with Crippen molar-refractivity contribution in [1.82, 2.24) is 10.2 Å². The maximum Gasteiger partial charge on any atom is 0.407 e. The van der Waals surface area contributed by atoms with Gasteiger partial charge in [0.1, 0.15) is 6.61 Å². The van der Waals surface area contributed by atoms with Crippen LogP contribution in [0.5, 0.6) is 0 Å². The Morgan fingerprint density at radius 1 is 0.957 bits per heavy atom. The van der Waals surface area contributed by atoms with E-state index in [9.17, 15) is 9.90 Å². The largest absolute Gasteiger partial charge is 0.445 e. The van der Waals surface area contributed by atoms with Gasteiger partial charge in [0.2, 0.25) is 0 Å². The van der Waals surface area contributed by atoms with Crippen molar-refractivity contribution < 1.29 is 24.1 Å². The summed E-state index contributed by atoms with van der Waals surface area (Å²) in [4.78, 5) is 14.3. The van der Waals surface area contributed by atoms with Crippen LogP contribution in [0.4, 0.5) is 4.79 Å². The quantitative estimate of drug-likeness (QED) is 0.158. The average molecular weight is 621 g/mol. The number of carbonyl (C=O) groups is 1. The number of nitrogens with zero attached hydrogens (tertiary/aromatic N) is 1. The van der Waals surface area contributed by atoms with E-state index < -0.39 is 12.4 Å². The molecule has 0 spiro atoms. The van der Waals surface area contributed by atoms with Crippen LogP contribution in [0, 0.1) is 5.92 Å². The van der Waals surface area contributed by atoms with E-state index in [4.69, 9.17) is 14.2 Å². The topological polar surface area (TPSA) is 80.3 Å². The van der Waals surface area contributed by atoms with Gasteiger partial charge >= 0.3 is 6.09 Å². The van der Waals surface area contributed by atoms with Crippen molar-refractivity contribution in [3.05, 3.63) is 144 Å². The summed E-state index contributed by atoms with van der Waals surface area (Å²) in [6.45, 7) is 9.23. The Hall–Kier alpha value is -4.27. The molecular weight excluding hydrogens is 576 g/mol. The number of aliphatic hydroxyl groups is 1. The van der Waals surface area contributed by atoms with Gasteiger partial charge in [-0.25, -0.2) is 4.79 Å². The second-order valence-electron chi connectivity index (χ2n) is 11.9. The monoisotopic (exact) mass is 620 g/mol. The van der Waals surface area contributed by atoms with Gasteiger partial charge in [-0.3, -0.25) is 4.90 Å². The molecule has 4 aromatic carbocycles. The van der Waals surface area contributed by atoms with Gasteiger partial charge in [-0.05, 0) is 47.4 Å². The fraction of sp³-hybridized carbons (Fsp3) is 0.308. The molecule has 0 bridgehead atoms. The highest BCUT2D eigenvalue weighted by atomic mass is 16.7. The molecule has 0 saturated carbocycles. The van der Waals surface area contributed by atoms with Crippen LogP contribution in [-0.2, 0) is 27.4 Å². The van der Waals surface area contributed by atoms with E-state index in [-0.39, 0.29) is 37.4 Å². The van der Waals surface area contributed by atoms with Gasteiger partial charge in [0.15, 0.2) is 6.29 Å². The van der Waals surface area contributed by atoms with Gasteiger partial charge in [0, 0.05) is 30.6 Å². The molecule has 0 unspecified atom stereocenters. The first-order valence-electron chi connectivity index (χ1n) is 15.8. The molecule has 0 aromatic heterocycles. The van der Waals surface area contributed by atoms with Crippen LogP contribution in [0.2, 0.25) is 0 Å². The number of likely N-dealkylation sites (N-methyl/N-ethyl adjacent to an activating group) is 1. The molecule has 1 amide bonds. The number of hydrogen-bond acceptors (Lipinski definition) is 6. The molecule has 46 heavy (non-hydrogen) atoms. The molecule has 4 aromatic rings. The number of nitrogens with one attached hydrogen (secondary N) is 1. The number of ether oxygens (including phenoxy) is 3. The van der Waals surface area contributed by atoms with E-state index in [1.807, 2.05) is 54.6 Å². The Balaban J connectivity index is 1.37. The van der Waals surface area contributed by atoms with Crippen LogP contribution in [0.3, 0.4) is 0 Å². The van der Waals surface area contributed by atoms with Crippen LogP contribution in [0.1, 0.15) is 60.1 Å². The summed E-state index contributed by atoms with van der Waals surface area (Å²) in [6, 6.07) is 35.0. The number of rotatable bonds is 12. The Kier molecular flexibility index (Phi) is 11.4. The minimum absolute atomic E-state index is 0.00280.